The Morgan fingerprint density at radius 2 is 1.58 bits per heavy atom. The Bertz CT molecular complexity index is 1010. The molecule has 0 aliphatic carbocycles. The minimum absolute atomic E-state index is 0.540. The molecule has 0 aliphatic rings. The molecular weight excluding hydrogens is 367 g/mol. The maximum Gasteiger partial charge on any atom is 0.119 e. The van der Waals surface area contributed by atoms with Gasteiger partial charge in [0.2, 0.25) is 0 Å². The molecule has 3 aromatic rings. The number of methoxy groups -OCH3 is 1. The topological polar surface area (TPSA) is 47.6 Å². The van der Waals surface area contributed by atoms with E-state index in [0.717, 1.165) is 33.4 Å². The fourth-order valence-corrected chi connectivity index (χ4v) is 3.26. The summed E-state index contributed by atoms with van der Waals surface area (Å²) in [6.07, 6.45) is 1.83. The smallest absolute Gasteiger partial charge is 0.119 e. The van der Waals surface area contributed by atoms with Crippen LogP contribution in [0.25, 0.3) is 16.5 Å². The van der Waals surface area contributed by atoms with Crippen molar-refractivity contribution in [2.45, 2.75) is 0 Å². The van der Waals surface area contributed by atoms with Gasteiger partial charge in [0, 0.05) is 33.9 Å². The monoisotopic (exact) mass is 384 g/mol. The number of allylic oxidation sites excluding steroid dienone is 1. The summed E-state index contributed by atoms with van der Waals surface area (Å²) < 4.78 is 5.27. The normalized spacial score (nSPS) is 12.5. The van der Waals surface area contributed by atoms with Gasteiger partial charge in [-0.25, -0.2) is 0 Å². The minimum atomic E-state index is 0.540. The van der Waals surface area contributed by atoms with E-state index in [0.29, 0.717) is 15.7 Å². The number of nitrogens with two attached hydrogens (primary N) is 1. The summed E-state index contributed by atoms with van der Waals surface area (Å²) in [5, 5.41) is 3.28. The van der Waals surface area contributed by atoms with E-state index in [-0.39, 0.29) is 0 Å². The quantitative estimate of drug-likeness (QED) is 0.597. The summed E-state index contributed by atoms with van der Waals surface area (Å²) in [5.41, 5.74) is 9.30. The zero-order chi connectivity index (χ0) is 18.7. The van der Waals surface area contributed by atoms with Crippen molar-refractivity contribution in [2.24, 2.45) is 10.7 Å². The Balaban J connectivity index is 1.99. The Morgan fingerprint density at radius 3 is 2.23 bits per heavy atom. The minimum Gasteiger partial charge on any atom is -0.497 e. The van der Waals surface area contributed by atoms with E-state index in [1.807, 2.05) is 36.4 Å². The van der Waals surface area contributed by atoms with Gasteiger partial charge < -0.3 is 10.5 Å². The first kappa shape index (κ1) is 18.3. The van der Waals surface area contributed by atoms with Crippen LogP contribution in [-0.2, 0) is 0 Å². The summed E-state index contributed by atoms with van der Waals surface area (Å²) in [6, 6.07) is 17.3. The maximum atomic E-state index is 6.24. The maximum absolute atomic E-state index is 6.24. The molecular formula is C21H18Cl2N2O. The molecule has 3 nitrogen and oxygen atoms in total. The molecule has 0 saturated carbocycles. The predicted molar refractivity (Wildman–Crippen MR) is 112 cm³/mol. The number of benzene rings is 3. The number of aliphatic imine (C=N–C) groups is 1. The predicted octanol–water partition coefficient (Wildman–Crippen LogP) is 5.57. The van der Waals surface area contributed by atoms with Crippen LogP contribution in [0.15, 0.2) is 65.7 Å². The van der Waals surface area contributed by atoms with Crippen LogP contribution in [0.2, 0.25) is 10.0 Å². The second-order valence-corrected chi connectivity index (χ2v) is 6.67. The molecule has 3 rings (SSSR count). The Morgan fingerprint density at radius 1 is 0.923 bits per heavy atom. The number of halogens is 2. The number of hydrogen-bond donors (Lipinski definition) is 1. The molecule has 132 valence electrons. The SMILES string of the molecule is CN=C(/C=C(\N)c1cc(Cl)cc(Cl)c1)c1ccc2cc(OC)ccc2c1. The average Bonchev–Trinajstić information content (AvgIpc) is 2.64. The molecule has 0 unspecified atom stereocenters. The summed E-state index contributed by atoms with van der Waals surface area (Å²) >= 11 is 12.1. The molecule has 0 atom stereocenters. The summed E-state index contributed by atoms with van der Waals surface area (Å²) in [5.74, 6) is 0.830. The van der Waals surface area contributed by atoms with E-state index >= 15 is 0 Å². The van der Waals surface area contributed by atoms with Crippen LogP contribution in [0.4, 0.5) is 0 Å². The summed E-state index contributed by atoms with van der Waals surface area (Å²) in [6.45, 7) is 0. The fraction of sp³-hybridized carbons (Fsp3) is 0.0952. The number of hydrogen-bond acceptors (Lipinski definition) is 3. The van der Waals surface area contributed by atoms with Crippen molar-refractivity contribution < 1.29 is 4.74 Å². The Hall–Kier alpha value is -2.49. The van der Waals surface area contributed by atoms with Gasteiger partial charge in [-0.3, -0.25) is 4.99 Å². The van der Waals surface area contributed by atoms with Crippen molar-refractivity contribution in [2.75, 3.05) is 14.2 Å². The van der Waals surface area contributed by atoms with Crippen molar-refractivity contribution in [3.8, 4) is 5.75 Å². The first-order chi connectivity index (χ1) is 12.5. The number of nitrogens with zero attached hydrogens (tertiary/aromatic N) is 1. The molecule has 0 amide bonds. The number of ether oxygens (including phenoxy) is 1. The van der Waals surface area contributed by atoms with E-state index in [1.165, 1.54) is 0 Å². The van der Waals surface area contributed by atoms with Crippen molar-refractivity contribution in [1.82, 2.24) is 0 Å². The van der Waals surface area contributed by atoms with E-state index in [2.05, 4.69) is 11.1 Å². The highest BCUT2D eigenvalue weighted by molar-refractivity contribution is 6.35. The standard InChI is InChI=1S/C21H18Cl2N2O/c1-25-21(12-20(24)16-8-17(22)11-18(23)9-16)15-4-3-14-10-19(26-2)6-5-13(14)7-15/h3-12H,24H2,1-2H3/b20-12-,25-21?. The second-order valence-electron chi connectivity index (χ2n) is 5.79. The van der Waals surface area contributed by atoms with Crippen LogP contribution in [0.5, 0.6) is 5.75 Å². The van der Waals surface area contributed by atoms with E-state index in [1.54, 1.807) is 32.4 Å². The van der Waals surface area contributed by atoms with Crippen molar-refractivity contribution >= 4 is 45.4 Å². The molecule has 0 aromatic heterocycles. The van der Waals surface area contributed by atoms with Crippen molar-refractivity contribution in [3.63, 3.8) is 0 Å². The van der Waals surface area contributed by atoms with Crippen LogP contribution in [0, 0.1) is 0 Å². The Labute approximate surface area is 162 Å². The van der Waals surface area contributed by atoms with Gasteiger partial charge in [0.15, 0.2) is 0 Å². The highest BCUT2D eigenvalue weighted by Crippen LogP contribution is 2.24. The lowest BCUT2D eigenvalue weighted by molar-refractivity contribution is 0.415. The van der Waals surface area contributed by atoms with E-state index < -0.39 is 0 Å². The van der Waals surface area contributed by atoms with Gasteiger partial charge in [0.05, 0.1) is 12.8 Å². The third kappa shape index (κ3) is 4.01. The van der Waals surface area contributed by atoms with Crippen molar-refractivity contribution in [1.29, 1.82) is 0 Å². The number of fused-ring (bicyclic) bond motifs is 1. The summed E-state index contributed by atoms with van der Waals surface area (Å²) in [7, 11) is 3.40. The van der Waals surface area contributed by atoms with Crippen LogP contribution in [0.3, 0.4) is 0 Å². The fourth-order valence-electron chi connectivity index (χ4n) is 2.74. The molecule has 0 saturated heterocycles. The lowest BCUT2D eigenvalue weighted by Gasteiger charge is -2.08. The molecule has 0 aliphatic heterocycles. The molecule has 0 heterocycles. The lowest BCUT2D eigenvalue weighted by atomic mass is 10.0. The second kappa shape index (κ2) is 7.81. The first-order valence-corrected chi connectivity index (χ1v) is 8.74. The zero-order valence-corrected chi connectivity index (χ0v) is 16.0. The van der Waals surface area contributed by atoms with Gasteiger partial charge in [0.25, 0.3) is 0 Å². The molecule has 3 aromatic carbocycles. The highest BCUT2D eigenvalue weighted by atomic mass is 35.5. The third-order valence-electron chi connectivity index (χ3n) is 4.07. The Kier molecular flexibility index (Phi) is 5.50. The summed E-state index contributed by atoms with van der Waals surface area (Å²) in [4.78, 5) is 4.38. The molecule has 2 N–H and O–H groups in total. The molecule has 0 spiro atoms. The van der Waals surface area contributed by atoms with E-state index in [4.69, 9.17) is 33.7 Å². The van der Waals surface area contributed by atoms with Gasteiger partial charge in [-0.2, -0.15) is 0 Å². The van der Waals surface area contributed by atoms with Gasteiger partial charge in [-0.05, 0) is 53.2 Å². The van der Waals surface area contributed by atoms with Crippen LogP contribution < -0.4 is 10.5 Å². The van der Waals surface area contributed by atoms with E-state index in [9.17, 15) is 0 Å². The largest absolute Gasteiger partial charge is 0.497 e. The molecule has 5 heteroatoms. The van der Waals surface area contributed by atoms with Gasteiger partial charge in [-0.1, -0.05) is 41.4 Å². The number of rotatable bonds is 4. The van der Waals surface area contributed by atoms with Gasteiger partial charge in [-0.15, -0.1) is 0 Å². The van der Waals surface area contributed by atoms with Crippen LogP contribution in [-0.4, -0.2) is 19.9 Å². The third-order valence-corrected chi connectivity index (χ3v) is 4.51. The average molecular weight is 385 g/mol. The zero-order valence-electron chi connectivity index (χ0n) is 14.5. The van der Waals surface area contributed by atoms with Crippen LogP contribution >= 0.6 is 23.2 Å². The van der Waals surface area contributed by atoms with Crippen LogP contribution in [0.1, 0.15) is 11.1 Å². The lowest BCUT2D eigenvalue weighted by Crippen LogP contribution is -2.04. The molecule has 26 heavy (non-hydrogen) atoms. The highest BCUT2D eigenvalue weighted by Gasteiger charge is 2.06. The molecule has 0 fully saturated rings. The molecule has 0 bridgehead atoms. The van der Waals surface area contributed by atoms with Crippen molar-refractivity contribution in [3.05, 3.63) is 81.8 Å². The van der Waals surface area contributed by atoms with Gasteiger partial charge in [0.1, 0.15) is 5.75 Å². The molecule has 0 radical (unpaired) electrons. The first-order valence-electron chi connectivity index (χ1n) is 7.99. The van der Waals surface area contributed by atoms with Gasteiger partial charge >= 0.3 is 0 Å².